The second-order valence-corrected chi connectivity index (χ2v) is 5.16. The summed E-state index contributed by atoms with van der Waals surface area (Å²) in [5, 5.41) is 0. The van der Waals surface area contributed by atoms with Crippen molar-refractivity contribution in [2.75, 3.05) is 0 Å². The van der Waals surface area contributed by atoms with Crippen LogP contribution in [0.4, 0.5) is 30.7 Å². The highest BCUT2D eigenvalue weighted by molar-refractivity contribution is 9.10. The predicted octanol–water partition coefficient (Wildman–Crippen LogP) is 4.62. The van der Waals surface area contributed by atoms with E-state index in [1.165, 1.54) is 24.3 Å². The lowest BCUT2D eigenvalue weighted by Gasteiger charge is -2.31. The summed E-state index contributed by atoms with van der Waals surface area (Å²) in [6.07, 6.45) is -17.2. The van der Waals surface area contributed by atoms with Gasteiger partial charge in [-0.3, -0.25) is 4.79 Å². The first kappa shape index (κ1) is 18.7. The quantitative estimate of drug-likeness (QED) is 0.536. The fraction of sp³-hybridized carbons (Fsp3) is 0.417. The molecule has 0 aliphatic heterocycles. The molecule has 0 aliphatic carbocycles. The van der Waals surface area contributed by atoms with Gasteiger partial charge < -0.3 is 4.74 Å². The van der Waals surface area contributed by atoms with E-state index in [-0.39, 0.29) is 12.0 Å². The van der Waals surface area contributed by atoms with E-state index in [0.29, 0.717) is 4.47 Å². The summed E-state index contributed by atoms with van der Waals surface area (Å²) >= 11 is 3.05. The summed E-state index contributed by atoms with van der Waals surface area (Å²) in [6.45, 7) is 0. The second kappa shape index (κ2) is 6.43. The van der Waals surface area contributed by atoms with Crippen LogP contribution < -0.4 is 4.74 Å². The topological polar surface area (TPSA) is 26.3 Å². The van der Waals surface area contributed by atoms with Gasteiger partial charge in [-0.05, 0) is 24.3 Å². The zero-order valence-corrected chi connectivity index (χ0v) is 12.1. The van der Waals surface area contributed by atoms with E-state index in [0.717, 1.165) is 0 Å². The van der Waals surface area contributed by atoms with Crippen LogP contribution >= 0.6 is 15.9 Å². The normalized spacial score (nSPS) is 14.5. The molecule has 10 heteroatoms. The molecular formula is C12H8BrF7O2. The number of benzene rings is 1. The molecule has 0 saturated heterocycles. The number of aldehydes is 1. The van der Waals surface area contributed by atoms with Crippen LogP contribution in [-0.2, 0) is 4.79 Å². The summed E-state index contributed by atoms with van der Waals surface area (Å²) in [5.74, 6) is -0.174. The van der Waals surface area contributed by atoms with Gasteiger partial charge in [-0.25, -0.2) is 4.39 Å². The van der Waals surface area contributed by atoms with Crippen LogP contribution in [0.25, 0.3) is 0 Å². The van der Waals surface area contributed by atoms with Crippen LogP contribution in [0.15, 0.2) is 28.7 Å². The Kier molecular flexibility index (Phi) is 5.47. The lowest BCUT2D eigenvalue weighted by atomic mass is 9.97. The van der Waals surface area contributed by atoms with Crippen LogP contribution in [0.3, 0.4) is 0 Å². The van der Waals surface area contributed by atoms with Gasteiger partial charge in [0.1, 0.15) is 5.75 Å². The molecule has 0 radical (unpaired) electrons. The summed E-state index contributed by atoms with van der Waals surface area (Å²) in [5.41, 5.74) is -5.54. The third-order valence-corrected chi connectivity index (χ3v) is 3.16. The largest absolute Gasteiger partial charge is 0.483 e. The molecule has 1 unspecified atom stereocenters. The Morgan fingerprint density at radius 3 is 1.82 bits per heavy atom. The third kappa shape index (κ3) is 4.11. The van der Waals surface area contributed by atoms with Crippen LogP contribution in [0, 0.1) is 0 Å². The van der Waals surface area contributed by atoms with Gasteiger partial charge in [-0.1, -0.05) is 15.9 Å². The number of rotatable bonds is 5. The van der Waals surface area contributed by atoms with E-state index in [2.05, 4.69) is 20.7 Å². The van der Waals surface area contributed by atoms with Crippen molar-refractivity contribution in [1.29, 1.82) is 0 Å². The molecule has 1 aromatic carbocycles. The molecule has 0 bridgehead atoms. The Bertz CT molecular complexity index is 496. The minimum Gasteiger partial charge on any atom is -0.483 e. The van der Waals surface area contributed by atoms with Crippen LogP contribution in [0.1, 0.15) is 6.42 Å². The highest BCUT2D eigenvalue weighted by Gasteiger charge is 2.73. The maximum absolute atomic E-state index is 13.5. The molecule has 0 saturated carbocycles. The minimum atomic E-state index is -6.23. The first-order valence-corrected chi connectivity index (χ1v) is 6.40. The minimum absolute atomic E-state index is 0.174. The maximum atomic E-state index is 13.5. The molecule has 0 spiro atoms. The average molecular weight is 397 g/mol. The molecule has 22 heavy (non-hydrogen) atoms. The number of carbonyl (C=O) groups is 1. The van der Waals surface area contributed by atoms with Crippen molar-refractivity contribution in [1.82, 2.24) is 0 Å². The smallest absolute Gasteiger partial charge is 0.431 e. The van der Waals surface area contributed by atoms with Crippen molar-refractivity contribution in [2.45, 2.75) is 30.5 Å². The molecule has 0 heterocycles. The molecule has 0 aromatic heterocycles. The summed E-state index contributed by atoms with van der Waals surface area (Å²) in [4.78, 5) is 10.7. The molecule has 124 valence electrons. The number of hydrogen-bond donors (Lipinski definition) is 0. The van der Waals surface area contributed by atoms with Crippen molar-refractivity contribution in [3.8, 4) is 5.75 Å². The molecule has 0 aliphatic rings. The Morgan fingerprint density at radius 2 is 1.45 bits per heavy atom. The summed E-state index contributed by atoms with van der Waals surface area (Å²) in [7, 11) is 0. The Hall–Kier alpha value is -1.32. The predicted molar refractivity (Wildman–Crippen MR) is 65.2 cm³/mol. The van der Waals surface area contributed by atoms with Crippen LogP contribution in [0.5, 0.6) is 5.75 Å². The van der Waals surface area contributed by atoms with Gasteiger partial charge in [-0.15, -0.1) is 0 Å². The van der Waals surface area contributed by atoms with E-state index < -0.39 is 30.5 Å². The van der Waals surface area contributed by atoms with Crippen molar-refractivity contribution in [3.05, 3.63) is 28.7 Å². The fourth-order valence-electron chi connectivity index (χ4n) is 1.47. The van der Waals surface area contributed by atoms with Crippen LogP contribution in [0.2, 0.25) is 0 Å². The van der Waals surface area contributed by atoms with E-state index >= 15 is 0 Å². The van der Waals surface area contributed by atoms with Crippen LogP contribution in [-0.4, -0.2) is 30.4 Å². The first-order chi connectivity index (χ1) is 9.90. The van der Waals surface area contributed by atoms with E-state index in [1.807, 2.05) is 0 Å². The lowest BCUT2D eigenvalue weighted by Crippen LogP contribution is -2.55. The molecule has 0 N–H and O–H groups in total. The number of carbonyl (C=O) groups excluding carboxylic acids is 1. The van der Waals surface area contributed by atoms with E-state index in [4.69, 9.17) is 0 Å². The molecule has 1 atom stereocenters. The Morgan fingerprint density at radius 1 is 1.00 bits per heavy atom. The molecule has 1 aromatic rings. The zero-order valence-electron chi connectivity index (χ0n) is 10.5. The number of halogens is 8. The fourth-order valence-corrected chi connectivity index (χ4v) is 1.74. The van der Waals surface area contributed by atoms with E-state index in [9.17, 15) is 35.5 Å². The van der Waals surface area contributed by atoms with Crippen molar-refractivity contribution in [2.24, 2.45) is 0 Å². The van der Waals surface area contributed by atoms with Gasteiger partial charge in [-0.2, -0.15) is 26.3 Å². The molecule has 0 amide bonds. The first-order valence-electron chi connectivity index (χ1n) is 5.60. The maximum Gasteiger partial charge on any atom is 0.431 e. The highest BCUT2D eigenvalue weighted by Crippen LogP contribution is 2.49. The van der Waals surface area contributed by atoms with E-state index in [1.54, 1.807) is 0 Å². The third-order valence-electron chi connectivity index (χ3n) is 2.63. The number of alkyl halides is 7. The molecule has 1 rings (SSSR count). The zero-order chi connectivity index (χ0) is 17.2. The van der Waals surface area contributed by atoms with Crippen molar-refractivity contribution >= 4 is 22.2 Å². The van der Waals surface area contributed by atoms with Gasteiger partial charge in [0.05, 0.1) is 0 Å². The molecular weight excluding hydrogens is 389 g/mol. The number of ether oxygens (including phenoxy) is 1. The second-order valence-electron chi connectivity index (χ2n) is 4.25. The molecule has 0 fully saturated rings. The Labute approximate surface area is 128 Å². The molecule has 2 nitrogen and oxygen atoms in total. The number of hydrogen-bond acceptors (Lipinski definition) is 2. The SMILES string of the molecule is O=CC(CC(F)(C(F)(F)F)C(F)(F)F)Oc1ccc(Br)cc1. The monoisotopic (exact) mass is 396 g/mol. The van der Waals surface area contributed by atoms with Gasteiger partial charge in [0.15, 0.2) is 12.4 Å². The van der Waals surface area contributed by atoms with Gasteiger partial charge >= 0.3 is 18.0 Å². The summed E-state index contributed by atoms with van der Waals surface area (Å²) in [6, 6.07) is 5.16. The van der Waals surface area contributed by atoms with Crippen molar-refractivity contribution in [3.63, 3.8) is 0 Å². The highest BCUT2D eigenvalue weighted by atomic mass is 79.9. The average Bonchev–Trinajstić information content (AvgIpc) is 2.37. The Balaban J connectivity index is 2.99. The standard InChI is InChI=1S/C12H8BrF7O2/c13-7-1-3-8(4-2-7)22-9(6-21)5-10(14,11(15,16)17)12(18,19)20/h1-4,6,9H,5H2. The van der Waals surface area contributed by atoms with Crippen molar-refractivity contribution < 1.29 is 40.3 Å². The lowest BCUT2D eigenvalue weighted by molar-refractivity contribution is -0.345. The summed E-state index contributed by atoms with van der Waals surface area (Å²) < 4.78 is 93.2. The van der Waals surface area contributed by atoms with Gasteiger partial charge in [0, 0.05) is 10.9 Å². The van der Waals surface area contributed by atoms with Gasteiger partial charge in [0.25, 0.3) is 0 Å². The van der Waals surface area contributed by atoms with Gasteiger partial charge in [0.2, 0.25) is 0 Å².